The minimum atomic E-state index is -4.01. The molecule has 0 amide bonds. The Morgan fingerprint density at radius 1 is 1.45 bits per heavy atom. The fourth-order valence-electron chi connectivity index (χ4n) is 1.46. The largest absolute Gasteiger partial charge is 0.481 e. The van der Waals surface area contributed by atoms with Crippen LogP contribution in [-0.2, 0) is 14.8 Å². The molecule has 6 nitrogen and oxygen atoms in total. The number of rotatable bonds is 6. The summed E-state index contributed by atoms with van der Waals surface area (Å²) in [6, 6.07) is 3.41. The summed E-state index contributed by atoms with van der Waals surface area (Å²) in [4.78, 5) is 10.2. The second-order valence-electron chi connectivity index (χ2n) is 4.80. The molecule has 8 heteroatoms. The number of carboxylic acids is 1. The van der Waals surface area contributed by atoms with Gasteiger partial charge in [0.05, 0.1) is 16.9 Å². The van der Waals surface area contributed by atoms with Crippen LogP contribution in [0.25, 0.3) is 0 Å². The van der Waals surface area contributed by atoms with Crippen molar-refractivity contribution in [2.75, 3.05) is 6.54 Å². The third kappa shape index (κ3) is 4.55. The van der Waals surface area contributed by atoms with Crippen LogP contribution in [0.1, 0.15) is 18.9 Å². The number of carboxylic acid groups (broad SMARTS) is 1. The average Bonchev–Trinajstić information content (AvgIpc) is 2.29. The molecule has 3 N–H and O–H groups in total. The van der Waals surface area contributed by atoms with E-state index in [1.54, 1.807) is 0 Å². The molecule has 20 heavy (non-hydrogen) atoms. The van der Waals surface area contributed by atoms with Gasteiger partial charge in [0.15, 0.2) is 0 Å². The first-order chi connectivity index (χ1) is 9.03. The Hall–Kier alpha value is -1.51. The predicted octanol–water partition coefficient (Wildman–Crippen LogP) is 0.638. The van der Waals surface area contributed by atoms with Gasteiger partial charge in [0.25, 0.3) is 0 Å². The smallest absolute Gasteiger partial charge is 0.306 e. The van der Waals surface area contributed by atoms with E-state index in [-0.39, 0.29) is 4.90 Å². The summed E-state index contributed by atoms with van der Waals surface area (Å²) in [6.45, 7) is 2.20. The second-order valence-corrected chi connectivity index (χ2v) is 6.57. The van der Waals surface area contributed by atoms with Gasteiger partial charge in [-0.05, 0) is 31.5 Å². The van der Waals surface area contributed by atoms with E-state index >= 15 is 0 Å². The fourth-order valence-corrected chi connectivity index (χ4v) is 2.64. The van der Waals surface area contributed by atoms with Crippen LogP contribution in [0.3, 0.4) is 0 Å². The summed E-state index contributed by atoms with van der Waals surface area (Å²) in [5.74, 6) is -1.92. The van der Waals surface area contributed by atoms with Crippen LogP contribution in [0.4, 0.5) is 4.39 Å². The van der Waals surface area contributed by atoms with Crippen LogP contribution >= 0.6 is 0 Å². The number of sulfonamides is 1. The van der Waals surface area contributed by atoms with Crippen molar-refractivity contribution in [2.45, 2.75) is 30.8 Å². The van der Waals surface area contributed by atoms with Crippen molar-refractivity contribution < 1.29 is 27.8 Å². The van der Waals surface area contributed by atoms with E-state index in [4.69, 9.17) is 5.11 Å². The van der Waals surface area contributed by atoms with Crippen LogP contribution in [0, 0.1) is 12.7 Å². The van der Waals surface area contributed by atoms with E-state index in [0.29, 0.717) is 5.56 Å². The van der Waals surface area contributed by atoms with Crippen molar-refractivity contribution in [3.05, 3.63) is 29.6 Å². The molecule has 0 saturated carbocycles. The van der Waals surface area contributed by atoms with Gasteiger partial charge in [0, 0.05) is 6.54 Å². The SMILES string of the molecule is Cc1ccc(S(=O)(=O)NCC(C)(O)CC(=O)O)cc1F. The second kappa shape index (κ2) is 5.86. The first-order valence-corrected chi connectivity index (χ1v) is 7.22. The molecule has 1 rings (SSSR count). The van der Waals surface area contributed by atoms with Gasteiger partial charge in [-0.2, -0.15) is 0 Å². The lowest BCUT2D eigenvalue weighted by Crippen LogP contribution is -2.42. The van der Waals surface area contributed by atoms with E-state index in [2.05, 4.69) is 4.72 Å². The number of halogens is 1. The van der Waals surface area contributed by atoms with Crippen LogP contribution in [0.2, 0.25) is 0 Å². The van der Waals surface area contributed by atoms with Crippen molar-refractivity contribution in [2.24, 2.45) is 0 Å². The monoisotopic (exact) mass is 305 g/mol. The molecule has 0 aliphatic heterocycles. The molecular weight excluding hydrogens is 289 g/mol. The number of hydrogen-bond donors (Lipinski definition) is 3. The zero-order valence-electron chi connectivity index (χ0n) is 11.1. The van der Waals surface area contributed by atoms with E-state index < -0.39 is 40.4 Å². The van der Waals surface area contributed by atoms with Crippen molar-refractivity contribution in [1.29, 1.82) is 0 Å². The lowest BCUT2D eigenvalue weighted by atomic mass is 10.0. The van der Waals surface area contributed by atoms with Crippen molar-refractivity contribution in [1.82, 2.24) is 4.72 Å². The molecule has 0 aromatic heterocycles. The highest BCUT2D eigenvalue weighted by Crippen LogP contribution is 2.15. The zero-order valence-corrected chi connectivity index (χ0v) is 11.9. The molecule has 0 fully saturated rings. The van der Waals surface area contributed by atoms with Crippen molar-refractivity contribution in [3.63, 3.8) is 0 Å². The molecule has 0 saturated heterocycles. The summed E-state index contributed by atoms with van der Waals surface area (Å²) >= 11 is 0. The number of carbonyl (C=O) groups is 1. The minimum absolute atomic E-state index is 0.285. The van der Waals surface area contributed by atoms with Gasteiger partial charge in [-0.15, -0.1) is 0 Å². The maximum atomic E-state index is 13.3. The van der Waals surface area contributed by atoms with Crippen LogP contribution < -0.4 is 4.72 Å². The number of aryl methyl sites for hydroxylation is 1. The molecule has 0 spiro atoms. The molecule has 112 valence electrons. The minimum Gasteiger partial charge on any atom is -0.481 e. The Morgan fingerprint density at radius 2 is 2.05 bits per heavy atom. The summed E-state index contributed by atoms with van der Waals surface area (Å²) < 4.78 is 39.2. The molecule has 1 atom stereocenters. The highest BCUT2D eigenvalue weighted by molar-refractivity contribution is 7.89. The summed E-state index contributed by atoms with van der Waals surface area (Å²) in [7, 11) is -4.01. The summed E-state index contributed by atoms with van der Waals surface area (Å²) in [5, 5.41) is 18.3. The molecule has 0 aliphatic rings. The number of aliphatic hydroxyl groups is 1. The lowest BCUT2D eigenvalue weighted by Gasteiger charge is -2.21. The van der Waals surface area contributed by atoms with Gasteiger partial charge in [-0.1, -0.05) is 6.07 Å². The quantitative estimate of drug-likeness (QED) is 0.715. The third-order valence-corrected chi connectivity index (χ3v) is 4.03. The van der Waals surface area contributed by atoms with Gasteiger partial charge < -0.3 is 10.2 Å². The first kappa shape index (κ1) is 16.5. The van der Waals surface area contributed by atoms with Gasteiger partial charge in [0.2, 0.25) is 10.0 Å². The van der Waals surface area contributed by atoms with Crippen LogP contribution in [0.15, 0.2) is 23.1 Å². The van der Waals surface area contributed by atoms with Gasteiger partial charge >= 0.3 is 5.97 Å². The standard InChI is InChI=1S/C12H16FNO5S/c1-8-3-4-9(5-10(8)13)20(18,19)14-7-12(2,17)6-11(15)16/h3-5,14,17H,6-7H2,1-2H3,(H,15,16). The van der Waals surface area contributed by atoms with E-state index in [0.717, 1.165) is 6.07 Å². The third-order valence-electron chi connectivity index (χ3n) is 2.63. The molecule has 0 bridgehead atoms. The highest BCUT2D eigenvalue weighted by Gasteiger charge is 2.27. The number of nitrogens with one attached hydrogen (secondary N) is 1. The molecule has 1 aromatic rings. The number of benzene rings is 1. The Bertz CT molecular complexity index is 612. The van der Waals surface area contributed by atoms with Gasteiger partial charge in [-0.3, -0.25) is 4.79 Å². The molecule has 1 unspecified atom stereocenters. The van der Waals surface area contributed by atoms with E-state index in [1.165, 1.54) is 26.0 Å². The molecule has 1 aromatic carbocycles. The van der Waals surface area contributed by atoms with E-state index in [1.807, 2.05) is 0 Å². The number of aliphatic carboxylic acids is 1. The average molecular weight is 305 g/mol. The molecular formula is C12H16FNO5S. The van der Waals surface area contributed by atoms with Gasteiger partial charge in [-0.25, -0.2) is 17.5 Å². The predicted molar refractivity (Wildman–Crippen MR) is 69.2 cm³/mol. The van der Waals surface area contributed by atoms with Gasteiger partial charge in [0.1, 0.15) is 5.82 Å². The fraction of sp³-hybridized carbons (Fsp3) is 0.417. The highest BCUT2D eigenvalue weighted by atomic mass is 32.2. The maximum absolute atomic E-state index is 13.3. The Balaban J connectivity index is 2.85. The van der Waals surface area contributed by atoms with Crippen LogP contribution in [0.5, 0.6) is 0 Å². The van der Waals surface area contributed by atoms with Crippen LogP contribution in [-0.4, -0.2) is 36.7 Å². The Morgan fingerprint density at radius 3 is 2.55 bits per heavy atom. The zero-order chi connectivity index (χ0) is 15.6. The maximum Gasteiger partial charge on any atom is 0.306 e. The topological polar surface area (TPSA) is 104 Å². The summed E-state index contributed by atoms with van der Waals surface area (Å²) in [6.07, 6.45) is -0.613. The Labute approximate surface area is 116 Å². The first-order valence-electron chi connectivity index (χ1n) is 5.73. The normalized spacial score (nSPS) is 14.8. The lowest BCUT2D eigenvalue weighted by molar-refractivity contribution is -0.141. The molecule has 0 aliphatic carbocycles. The van der Waals surface area contributed by atoms with Crippen molar-refractivity contribution >= 4 is 16.0 Å². The Kier molecular flexibility index (Phi) is 4.85. The summed E-state index contributed by atoms with van der Waals surface area (Å²) in [5.41, 5.74) is -1.43. The molecule has 0 heterocycles. The van der Waals surface area contributed by atoms with Crippen molar-refractivity contribution in [3.8, 4) is 0 Å². The number of hydrogen-bond acceptors (Lipinski definition) is 4. The van der Waals surface area contributed by atoms with E-state index in [9.17, 15) is 22.7 Å². The molecule has 0 radical (unpaired) electrons.